The first-order valence-electron chi connectivity index (χ1n) is 6.47. The lowest BCUT2D eigenvalue weighted by molar-refractivity contribution is 0.0721. The number of furan rings is 1. The summed E-state index contributed by atoms with van der Waals surface area (Å²) in [5, 5.41) is 0. The van der Waals surface area contributed by atoms with E-state index >= 15 is 0 Å². The number of Topliss-reactive ketones (excluding diaryl/α,β-unsaturated/α-hetero) is 2. The molecule has 0 saturated heterocycles. The van der Waals surface area contributed by atoms with Crippen molar-refractivity contribution in [2.45, 2.75) is 12.8 Å². The number of fused-ring (bicyclic) bond motifs is 3. The zero-order chi connectivity index (χ0) is 13.0. The van der Waals surface area contributed by atoms with Gasteiger partial charge in [-0.15, -0.1) is 0 Å². The van der Waals surface area contributed by atoms with Crippen molar-refractivity contribution in [3.05, 3.63) is 59.0 Å². The van der Waals surface area contributed by atoms with Crippen molar-refractivity contribution >= 4 is 11.6 Å². The maximum absolute atomic E-state index is 12.5. The van der Waals surface area contributed by atoms with Gasteiger partial charge in [0.2, 0.25) is 0 Å². The van der Waals surface area contributed by atoms with E-state index < -0.39 is 0 Å². The Labute approximate surface area is 110 Å². The van der Waals surface area contributed by atoms with Gasteiger partial charge in [-0.25, -0.2) is 0 Å². The number of hydrogen-bond acceptors (Lipinski definition) is 3. The highest BCUT2D eigenvalue weighted by Gasteiger charge is 2.44. The van der Waals surface area contributed by atoms with Crippen molar-refractivity contribution in [2.75, 3.05) is 0 Å². The van der Waals surface area contributed by atoms with Crippen LogP contribution in [0.15, 0.2) is 41.2 Å². The van der Waals surface area contributed by atoms with Gasteiger partial charge in [0.1, 0.15) is 0 Å². The molecule has 0 N–H and O–H groups in total. The van der Waals surface area contributed by atoms with Crippen LogP contribution in [0.2, 0.25) is 0 Å². The highest BCUT2D eigenvalue weighted by Crippen LogP contribution is 2.39. The number of carbonyl (C=O) groups is 2. The third-order valence-electron chi connectivity index (χ3n) is 4.33. The summed E-state index contributed by atoms with van der Waals surface area (Å²) in [6.45, 7) is 0. The Bertz CT molecular complexity index is 638. The van der Waals surface area contributed by atoms with Crippen LogP contribution in [-0.2, 0) is 12.8 Å². The van der Waals surface area contributed by atoms with Crippen molar-refractivity contribution in [2.24, 2.45) is 11.8 Å². The summed E-state index contributed by atoms with van der Waals surface area (Å²) in [4.78, 5) is 25.1. The molecule has 0 aliphatic heterocycles. The molecule has 0 amide bonds. The quantitative estimate of drug-likeness (QED) is 0.724. The zero-order valence-electron chi connectivity index (χ0n) is 10.3. The number of ketones is 2. The molecule has 0 spiro atoms. The molecule has 1 aromatic carbocycles. The highest BCUT2D eigenvalue weighted by molar-refractivity contribution is 6.16. The van der Waals surface area contributed by atoms with Crippen LogP contribution in [-0.4, -0.2) is 11.6 Å². The summed E-state index contributed by atoms with van der Waals surface area (Å²) in [5.74, 6) is -0.223. The lowest BCUT2D eigenvalue weighted by atomic mass is 9.66. The van der Waals surface area contributed by atoms with Crippen molar-refractivity contribution in [1.82, 2.24) is 0 Å². The van der Waals surface area contributed by atoms with E-state index in [1.807, 2.05) is 12.1 Å². The highest BCUT2D eigenvalue weighted by atomic mass is 16.3. The Balaban J connectivity index is 1.86. The van der Waals surface area contributed by atoms with Gasteiger partial charge in [0.05, 0.1) is 12.5 Å². The van der Waals surface area contributed by atoms with Crippen LogP contribution < -0.4 is 0 Å². The van der Waals surface area contributed by atoms with E-state index in [2.05, 4.69) is 0 Å². The molecule has 0 saturated carbocycles. The third-order valence-corrected chi connectivity index (χ3v) is 4.33. The predicted molar refractivity (Wildman–Crippen MR) is 68.2 cm³/mol. The molecule has 94 valence electrons. The van der Waals surface area contributed by atoms with E-state index in [9.17, 15) is 9.59 Å². The molecule has 1 heterocycles. The molecule has 4 rings (SSSR count). The van der Waals surface area contributed by atoms with Crippen LogP contribution in [0.1, 0.15) is 31.8 Å². The summed E-state index contributed by atoms with van der Waals surface area (Å²) >= 11 is 0. The van der Waals surface area contributed by atoms with Crippen molar-refractivity contribution < 1.29 is 14.0 Å². The van der Waals surface area contributed by atoms with E-state index in [1.165, 1.54) is 0 Å². The van der Waals surface area contributed by atoms with Gasteiger partial charge in [0.25, 0.3) is 0 Å². The Kier molecular flexibility index (Phi) is 2.07. The molecule has 2 aromatic rings. The minimum Gasteiger partial charge on any atom is -0.472 e. The summed E-state index contributed by atoms with van der Waals surface area (Å²) in [6.07, 6.45) is 4.64. The fraction of sp³-hybridized carbons (Fsp3) is 0.250. The first-order valence-corrected chi connectivity index (χ1v) is 6.47. The fourth-order valence-corrected chi connectivity index (χ4v) is 3.33. The Morgan fingerprint density at radius 3 is 1.79 bits per heavy atom. The van der Waals surface area contributed by atoms with Crippen molar-refractivity contribution in [3.63, 3.8) is 0 Å². The minimum atomic E-state index is -0.215. The maximum Gasteiger partial charge on any atom is 0.167 e. The predicted octanol–water partition coefficient (Wildman–Crippen LogP) is 2.69. The lowest BCUT2D eigenvalue weighted by Gasteiger charge is -2.33. The average molecular weight is 252 g/mol. The van der Waals surface area contributed by atoms with Crippen LogP contribution in [0.5, 0.6) is 0 Å². The lowest BCUT2D eigenvalue weighted by Crippen LogP contribution is -2.41. The molecule has 0 radical (unpaired) electrons. The van der Waals surface area contributed by atoms with Gasteiger partial charge < -0.3 is 4.42 Å². The van der Waals surface area contributed by atoms with E-state index in [0.29, 0.717) is 24.0 Å². The topological polar surface area (TPSA) is 47.3 Å². The molecule has 2 atom stereocenters. The van der Waals surface area contributed by atoms with Crippen LogP contribution in [0.4, 0.5) is 0 Å². The van der Waals surface area contributed by atoms with Gasteiger partial charge in [-0.05, 0) is 24.0 Å². The standard InChI is InChI=1S/C16H12O3/c17-15-11-3-1-2-4-12(11)16(18)14-6-10-8-19-7-9(10)5-13(14)15/h1-4,7-8,13-14H,5-6H2. The van der Waals surface area contributed by atoms with Gasteiger partial charge >= 0.3 is 0 Å². The molecule has 2 aliphatic carbocycles. The molecule has 3 heteroatoms. The zero-order valence-corrected chi connectivity index (χ0v) is 10.3. The van der Waals surface area contributed by atoms with Crippen molar-refractivity contribution in [1.29, 1.82) is 0 Å². The second kappa shape index (κ2) is 3.67. The van der Waals surface area contributed by atoms with Crippen LogP contribution in [0.25, 0.3) is 0 Å². The molecular weight excluding hydrogens is 240 g/mol. The molecule has 2 unspecified atom stereocenters. The Hall–Kier alpha value is -2.16. The summed E-state index contributed by atoms with van der Waals surface area (Å²) in [5.41, 5.74) is 3.31. The van der Waals surface area contributed by atoms with Gasteiger partial charge in [-0.1, -0.05) is 24.3 Å². The van der Waals surface area contributed by atoms with Gasteiger partial charge in [-0.3, -0.25) is 9.59 Å². The number of rotatable bonds is 0. The Morgan fingerprint density at radius 2 is 1.32 bits per heavy atom. The van der Waals surface area contributed by atoms with Gasteiger partial charge in [-0.2, -0.15) is 0 Å². The Morgan fingerprint density at radius 1 is 0.842 bits per heavy atom. The fourth-order valence-electron chi connectivity index (χ4n) is 3.33. The average Bonchev–Trinajstić information content (AvgIpc) is 2.90. The van der Waals surface area contributed by atoms with E-state index in [-0.39, 0.29) is 23.4 Å². The normalized spacial score (nSPS) is 24.6. The van der Waals surface area contributed by atoms with E-state index in [0.717, 1.165) is 11.1 Å². The molecular formula is C16H12O3. The first-order chi connectivity index (χ1) is 9.25. The minimum absolute atomic E-state index is 0.104. The van der Waals surface area contributed by atoms with Crippen LogP contribution in [0.3, 0.4) is 0 Å². The molecule has 1 aromatic heterocycles. The SMILES string of the molecule is O=C1c2ccccc2C(=O)C2Cc3cocc3CC12. The van der Waals surface area contributed by atoms with Gasteiger partial charge in [0.15, 0.2) is 11.6 Å². The second-order valence-electron chi connectivity index (χ2n) is 5.32. The van der Waals surface area contributed by atoms with Crippen molar-refractivity contribution in [3.8, 4) is 0 Å². The molecule has 0 fully saturated rings. The molecule has 2 aliphatic rings. The van der Waals surface area contributed by atoms with E-state index in [1.54, 1.807) is 24.7 Å². The summed E-state index contributed by atoms with van der Waals surface area (Å²) in [7, 11) is 0. The molecule has 0 bridgehead atoms. The van der Waals surface area contributed by atoms with E-state index in [4.69, 9.17) is 4.42 Å². The van der Waals surface area contributed by atoms with Gasteiger partial charge in [0, 0.05) is 23.0 Å². The summed E-state index contributed by atoms with van der Waals surface area (Å²) in [6, 6.07) is 7.15. The largest absolute Gasteiger partial charge is 0.472 e. The third kappa shape index (κ3) is 1.38. The molecule has 19 heavy (non-hydrogen) atoms. The monoisotopic (exact) mass is 252 g/mol. The summed E-state index contributed by atoms with van der Waals surface area (Å²) < 4.78 is 5.20. The van der Waals surface area contributed by atoms with Crippen LogP contribution >= 0.6 is 0 Å². The number of hydrogen-bond donors (Lipinski definition) is 0. The van der Waals surface area contributed by atoms with Crippen LogP contribution in [0, 0.1) is 11.8 Å². The second-order valence-corrected chi connectivity index (χ2v) is 5.32. The maximum atomic E-state index is 12.5. The molecule has 3 nitrogen and oxygen atoms in total. The first kappa shape index (κ1) is 10.7. The smallest absolute Gasteiger partial charge is 0.167 e. The number of benzene rings is 1. The number of carbonyl (C=O) groups excluding carboxylic acids is 2.